The number of rotatable bonds is 3. The van der Waals surface area contributed by atoms with Gasteiger partial charge < -0.3 is 10.8 Å². The van der Waals surface area contributed by atoms with Gasteiger partial charge in [0.15, 0.2) is 0 Å². The molecule has 0 heterocycles. The maximum atomic E-state index is 12.8. The van der Waals surface area contributed by atoms with Crippen molar-refractivity contribution in [3.63, 3.8) is 0 Å². The molecule has 0 radical (unpaired) electrons. The van der Waals surface area contributed by atoms with Crippen LogP contribution in [0.3, 0.4) is 0 Å². The molecule has 4 rings (SSSR count). The number of aliphatic hydroxyl groups excluding tert-OH is 1. The predicted octanol–water partition coefficient (Wildman–Crippen LogP) is 4.17. The zero-order chi connectivity index (χ0) is 21.1. The molecule has 3 fully saturated rings. The van der Waals surface area contributed by atoms with E-state index in [4.69, 9.17) is 18.0 Å². The van der Waals surface area contributed by atoms with Crippen LogP contribution in [0.1, 0.15) is 65.7 Å². The second-order valence-corrected chi connectivity index (χ2v) is 11.2. The predicted molar refractivity (Wildman–Crippen MR) is 117 cm³/mol. The van der Waals surface area contributed by atoms with Crippen LogP contribution < -0.4 is 5.73 Å². The number of Topliss-reactive ketones (excluding diaryl/α,β-unsaturated/α-hetero) is 1. The molecule has 0 saturated heterocycles. The first kappa shape index (κ1) is 21.0. The Morgan fingerprint density at radius 3 is 2.69 bits per heavy atom. The van der Waals surface area contributed by atoms with Gasteiger partial charge >= 0.3 is 0 Å². The average molecular weight is 415 g/mol. The molecule has 3 saturated carbocycles. The van der Waals surface area contributed by atoms with E-state index >= 15 is 0 Å². The van der Waals surface area contributed by atoms with E-state index in [2.05, 4.69) is 26.0 Å². The summed E-state index contributed by atoms with van der Waals surface area (Å²) in [6.07, 6.45) is 9.03. The lowest BCUT2D eigenvalue weighted by atomic mass is 9.47. The number of allylic oxidation sites excluding steroid dienone is 1. The largest absolute Gasteiger partial charge is 0.393 e. The van der Waals surface area contributed by atoms with Crippen molar-refractivity contribution in [2.24, 2.45) is 52.1 Å². The SMILES string of the molecule is CC(=O)C1C(C(C#N)C(N)=S)CC2C3CC=C4CC(O)CCC4(C)C3CCC21C. The van der Waals surface area contributed by atoms with E-state index in [0.717, 1.165) is 44.9 Å². The van der Waals surface area contributed by atoms with Gasteiger partial charge in [0, 0.05) is 5.92 Å². The molecule has 4 aliphatic rings. The van der Waals surface area contributed by atoms with Gasteiger partial charge in [-0.25, -0.2) is 0 Å². The normalized spacial score (nSPS) is 47.1. The number of aliphatic hydroxyl groups is 1. The number of fused-ring (bicyclic) bond motifs is 5. The van der Waals surface area contributed by atoms with Gasteiger partial charge in [0.1, 0.15) is 5.78 Å². The lowest BCUT2D eigenvalue weighted by Crippen LogP contribution is -2.51. The summed E-state index contributed by atoms with van der Waals surface area (Å²) >= 11 is 5.22. The zero-order valence-electron chi connectivity index (χ0n) is 17.9. The molecule has 29 heavy (non-hydrogen) atoms. The van der Waals surface area contributed by atoms with Gasteiger partial charge in [0.2, 0.25) is 0 Å². The van der Waals surface area contributed by atoms with Crippen molar-refractivity contribution in [1.29, 1.82) is 5.26 Å². The lowest BCUT2D eigenvalue weighted by Gasteiger charge is -2.57. The Labute approximate surface area is 179 Å². The number of carbonyl (C=O) groups is 1. The summed E-state index contributed by atoms with van der Waals surface area (Å²) in [4.78, 5) is 13.1. The molecular weight excluding hydrogens is 380 g/mol. The Hall–Kier alpha value is -1.25. The summed E-state index contributed by atoms with van der Waals surface area (Å²) in [5.74, 6) is 1.04. The van der Waals surface area contributed by atoms with Crippen molar-refractivity contribution >= 4 is 23.0 Å². The summed E-state index contributed by atoms with van der Waals surface area (Å²) in [5, 5.41) is 20.0. The van der Waals surface area contributed by atoms with Gasteiger partial charge in [0.25, 0.3) is 0 Å². The molecule has 4 aliphatic carbocycles. The highest BCUT2D eigenvalue weighted by Gasteiger charge is 2.63. The minimum Gasteiger partial charge on any atom is -0.393 e. The first-order chi connectivity index (χ1) is 13.6. The smallest absolute Gasteiger partial charge is 0.133 e. The molecule has 5 heteroatoms. The van der Waals surface area contributed by atoms with Crippen LogP contribution in [0.25, 0.3) is 0 Å². The van der Waals surface area contributed by atoms with Crippen molar-refractivity contribution in [2.75, 3.05) is 0 Å². The second-order valence-electron chi connectivity index (χ2n) is 10.7. The van der Waals surface area contributed by atoms with Crippen molar-refractivity contribution in [2.45, 2.75) is 71.8 Å². The van der Waals surface area contributed by atoms with Gasteiger partial charge in [-0.05, 0) is 86.4 Å². The maximum absolute atomic E-state index is 12.8. The molecular formula is C24H34N2O2S. The Morgan fingerprint density at radius 1 is 1.34 bits per heavy atom. The fourth-order valence-corrected chi connectivity index (χ4v) is 8.43. The summed E-state index contributed by atoms with van der Waals surface area (Å²) in [7, 11) is 0. The van der Waals surface area contributed by atoms with Gasteiger partial charge in [-0.3, -0.25) is 4.79 Å². The van der Waals surface area contributed by atoms with Crippen molar-refractivity contribution in [3.05, 3.63) is 11.6 Å². The van der Waals surface area contributed by atoms with Crippen LogP contribution in [0.4, 0.5) is 0 Å². The molecule has 0 bridgehead atoms. The highest BCUT2D eigenvalue weighted by Crippen LogP contribution is 2.68. The second kappa shape index (κ2) is 7.17. The Morgan fingerprint density at radius 2 is 2.07 bits per heavy atom. The molecule has 0 aromatic carbocycles. The first-order valence-corrected chi connectivity index (χ1v) is 11.6. The third-order valence-corrected chi connectivity index (χ3v) is 9.75. The molecule has 0 aromatic rings. The standard InChI is InChI=1S/C24H34N2O2S/c1-13(27)21-17(18(12-25)22(26)29)11-20-16-5-4-14-10-15(28)6-8-23(14,2)19(16)7-9-24(20,21)3/h4,15-21,28H,5-11H2,1-3H3,(H2,26,29). The number of hydrogen-bond donors (Lipinski definition) is 2. The number of thiocarbonyl (C=S) groups is 1. The van der Waals surface area contributed by atoms with E-state index in [1.165, 1.54) is 5.57 Å². The van der Waals surface area contributed by atoms with E-state index in [9.17, 15) is 15.2 Å². The Kier molecular flexibility index (Phi) is 5.19. The third kappa shape index (κ3) is 3.01. The Balaban J connectivity index is 1.71. The van der Waals surface area contributed by atoms with Crippen LogP contribution in [0.2, 0.25) is 0 Å². The van der Waals surface area contributed by atoms with Gasteiger partial charge in [-0.15, -0.1) is 0 Å². The fourth-order valence-electron chi connectivity index (χ4n) is 8.20. The molecule has 0 aromatic heterocycles. The first-order valence-electron chi connectivity index (χ1n) is 11.2. The van der Waals surface area contributed by atoms with Gasteiger partial charge in [0.05, 0.1) is 23.1 Å². The van der Waals surface area contributed by atoms with Crippen LogP contribution in [-0.2, 0) is 4.79 Å². The molecule has 9 unspecified atom stereocenters. The van der Waals surface area contributed by atoms with Crippen molar-refractivity contribution < 1.29 is 9.90 Å². The number of nitrogens with zero attached hydrogens (tertiary/aromatic N) is 1. The van der Waals surface area contributed by atoms with E-state index in [-0.39, 0.29) is 39.5 Å². The number of nitrogens with two attached hydrogens (primary N) is 1. The average Bonchev–Trinajstić information content (AvgIpc) is 2.95. The monoisotopic (exact) mass is 414 g/mol. The fraction of sp³-hybridized carbons (Fsp3) is 0.792. The van der Waals surface area contributed by atoms with E-state index in [0.29, 0.717) is 17.8 Å². The maximum Gasteiger partial charge on any atom is 0.133 e. The minimum absolute atomic E-state index is 0.0601. The van der Waals surface area contributed by atoms with E-state index in [1.54, 1.807) is 6.92 Å². The van der Waals surface area contributed by atoms with Crippen molar-refractivity contribution in [1.82, 2.24) is 0 Å². The molecule has 0 amide bonds. The van der Waals surface area contributed by atoms with Gasteiger partial charge in [-0.2, -0.15) is 5.26 Å². The molecule has 0 aliphatic heterocycles. The van der Waals surface area contributed by atoms with Crippen LogP contribution in [0, 0.1) is 57.7 Å². The van der Waals surface area contributed by atoms with Crippen LogP contribution >= 0.6 is 12.2 Å². The van der Waals surface area contributed by atoms with Crippen molar-refractivity contribution in [3.8, 4) is 6.07 Å². The summed E-state index contributed by atoms with van der Waals surface area (Å²) in [6.45, 7) is 6.39. The number of ketones is 1. The topological polar surface area (TPSA) is 87.1 Å². The molecule has 3 N–H and O–H groups in total. The Bertz CT molecular complexity index is 801. The minimum atomic E-state index is -0.519. The molecule has 9 atom stereocenters. The molecule has 4 nitrogen and oxygen atoms in total. The van der Waals surface area contributed by atoms with Crippen LogP contribution in [0.5, 0.6) is 0 Å². The molecule has 0 spiro atoms. The number of carbonyl (C=O) groups excluding carboxylic acids is 1. The molecule has 158 valence electrons. The highest BCUT2D eigenvalue weighted by atomic mass is 32.1. The van der Waals surface area contributed by atoms with Crippen LogP contribution in [-0.4, -0.2) is 22.0 Å². The zero-order valence-corrected chi connectivity index (χ0v) is 18.7. The van der Waals surface area contributed by atoms with Gasteiger partial charge in [-0.1, -0.05) is 37.7 Å². The highest BCUT2D eigenvalue weighted by molar-refractivity contribution is 7.80. The van der Waals surface area contributed by atoms with E-state index in [1.807, 2.05) is 0 Å². The quantitative estimate of drug-likeness (QED) is 0.535. The number of hydrogen-bond acceptors (Lipinski definition) is 4. The lowest BCUT2D eigenvalue weighted by molar-refractivity contribution is -0.129. The van der Waals surface area contributed by atoms with E-state index < -0.39 is 5.92 Å². The third-order valence-electron chi connectivity index (χ3n) is 9.49. The summed E-state index contributed by atoms with van der Waals surface area (Å²) in [5.41, 5.74) is 7.49. The van der Waals surface area contributed by atoms with Crippen LogP contribution in [0.15, 0.2) is 11.6 Å². The number of nitriles is 1. The summed E-state index contributed by atoms with van der Waals surface area (Å²) in [6, 6.07) is 2.33. The summed E-state index contributed by atoms with van der Waals surface area (Å²) < 4.78 is 0.